The van der Waals surface area contributed by atoms with Gasteiger partial charge in [0.15, 0.2) is 0 Å². The first-order chi connectivity index (χ1) is 8.61. The Balaban J connectivity index is 2.54. The van der Waals surface area contributed by atoms with Crippen molar-refractivity contribution in [1.82, 2.24) is 20.4 Å². The van der Waals surface area contributed by atoms with Gasteiger partial charge in [-0.3, -0.25) is 0 Å². The lowest BCUT2D eigenvalue weighted by atomic mass is 10.4. The van der Waals surface area contributed by atoms with Crippen LogP contribution in [0, 0.1) is 0 Å². The average molecular weight is 260 g/mol. The molecule has 1 saturated heterocycles. The van der Waals surface area contributed by atoms with Gasteiger partial charge in [-0.05, 0) is 0 Å². The second kappa shape index (κ2) is 7.72. The van der Waals surface area contributed by atoms with Crippen molar-refractivity contribution in [1.29, 1.82) is 0 Å². The minimum atomic E-state index is -1.02. The summed E-state index contributed by atoms with van der Waals surface area (Å²) in [5.74, 6) is 0. The number of carboxylic acid groups (broad SMARTS) is 2. The number of nitrogens with zero attached hydrogens (tertiary/aromatic N) is 2. The molecule has 0 atom stereocenters. The van der Waals surface area contributed by atoms with Gasteiger partial charge in [-0.1, -0.05) is 0 Å². The third-order valence-electron chi connectivity index (χ3n) is 2.78. The summed E-state index contributed by atoms with van der Waals surface area (Å²) in [6.07, 6.45) is -2.03. The summed E-state index contributed by atoms with van der Waals surface area (Å²) in [6.45, 7) is 3.74. The van der Waals surface area contributed by atoms with E-state index < -0.39 is 12.2 Å². The summed E-state index contributed by atoms with van der Waals surface area (Å²) >= 11 is 0. The van der Waals surface area contributed by atoms with Crippen LogP contribution in [-0.4, -0.2) is 84.6 Å². The quantitative estimate of drug-likeness (QED) is 0.452. The Morgan fingerprint density at radius 3 is 1.44 bits per heavy atom. The smallest absolute Gasteiger partial charge is 0.407 e. The van der Waals surface area contributed by atoms with Crippen LogP contribution in [0.4, 0.5) is 9.59 Å². The van der Waals surface area contributed by atoms with Crippen molar-refractivity contribution >= 4 is 12.2 Å². The van der Waals surface area contributed by atoms with E-state index in [0.717, 1.165) is 13.1 Å². The highest BCUT2D eigenvalue weighted by molar-refractivity contribution is 5.66. The lowest BCUT2D eigenvalue weighted by molar-refractivity contribution is 0.122. The van der Waals surface area contributed by atoms with Gasteiger partial charge in [0, 0.05) is 52.4 Å². The highest BCUT2D eigenvalue weighted by Gasteiger charge is 2.16. The molecule has 4 N–H and O–H groups in total. The van der Waals surface area contributed by atoms with E-state index in [-0.39, 0.29) is 13.1 Å². The molecular weight excluding hydrogens is 240 g/mol. The molecule has 1 aliphatic rings. The molecule has 1 fully saturated rings. The van der Waals surface area contributed by atoms with Crippen molar-refractivity contribution in [2.24, 2.45) is 0 Å². The van der Waals surface area contributed by atoms with Gasteiger partial charge < -0.3 is 30.6 Å². The van der Waals surface area contributed by atoms with E-state index >= 15 is 0 Å². The molecule has 0 bridgehead atoms. The Kier molecular flexibility index (Phi) is 6.23. The highest BCUT2D eigenvalue weighted by atomic mass is 16.4. The van der Waals surface area contributed by atoms with Crippen LogP contribution < -0.4 is 10.6 Å². The lowest BCUT2D eigenvalue weighted by Crippen LogP contribution is -2.46. The molecule has 0 aromatic carbocycles. The summed E-state index contributed by atoms with van der Waals surface area (Å²) in [4.78, 5) is 24.4. The molecule has 0 aromatic rings. The van der Waals surface area contributed by atoms with Crippen molar-refractivity contribution in [3.05, 3.63) is 0 Å². The maximum atomic E-state index is 11.0. The molecule has 0 radical (unpaired) electrons. The van der Waals surface area contributed by atoms with Crippen molar-refractivity contribution < 1.29 is 19.8 Å². The molecule has 0 spiro atoms. The highest BCUT2D eigenvalue weighted by Crippen LogP contribution is 1.94. The second-order valence-corrected chi connectivity index (χ2v) is 4.04. The summed E-state index contributed by atoms with van der Waals surface area (Å²) in [5.41, 5.74) is 0. The van der Waals surface area contributed by atoms with Gasteiger partial charge >= 0.3 is 12.2 Å². The number of carbonyl (C=O) groups is 2. The average Bonchev–Trinajstić information content (AvgIpc) is 2.28. The first-order valence-corrected chi connectivity index (χ1v) is 5.98. The fourth-order valence-corrected chi connectivity index (χ4v) is 1.70. The van der Waals surface area contributed by atoms with E-state index in [1.165, 1.54) is 9.80 Å². The fraction of sp³-hybridized carbons (Fsp3) is 0.800. The SMILES string of the molecule is O=C(O)N1CCNCCNCCN(C(=O)O)CC1. The molecule has 104 valence electrons. The zero-order valence-electron chi connectivity index (χ0n) is 10.3. The zero-order chi connectivity index (χ0) is 13.4. The van der Waals surface area contributed by atoms with Crippen molar-refractivity contribution in [3.8, 4) is 0 Å². The van der Waals surface area contributed by atoms with Crippen molar-refractivity contribution in [2.45, 2.75) is 0 Å². The maximum Gasteiger partial charge on any atom is 0.407 e. The molecule has 2 amide bonds. The molecular formula is C10H20N4O4. The monoisotopic (exact) mass is 260 g/mol. The van der Waals surface area contributed by atoms with Crippen LogP contribution in [0.2, 0.25) is 0 Å². The molecule has 1 aliphatic heterocycles. The van der Waals surface area contributed by atoms with Crippen LogP contribution in [0.15, 0.2) is 0 Å². The normalized spacial score (nSPS) is 19.8. The summed E-state index contributed by atoms with van der Waals surface area (Å²) in [7, 11) is 0. The van der Waals surface area contributed by atoms with Gasteiger partial charge in [0.2, 0.25) is 0 Å². The van der Waals surface area contributed by atoms with Crippen LogP contribution in [0.5, 0.6) is 0 Å². The Morgan fingerprint density at radius 2 is 1.11 bits per heavy atom. The summed E-state index contributed by atoms with van der Waals surface area (Å²) in [6, 6.07) is 0. The molecule has 8 nitrogen and oxygen atoms in total. The van der Waals surface area contributed by atoms with Gasteiger partial charge in [0.25, 0.3) is 0 Å². The topological polar surface area (TPSA) is 105 Å². The van der Waals surface area contributed by atoms with Crippen LogP contribution in [-0.2, 0) is 0 Å². The zero-order valence-corrected chi connectivity index (χ0v) is 10.3. The summed E-state index contributed by atoms with van der Waals surface area (Å²) < 4.78 is 0. The van der Waals surface area contributed by atoms with E-state index in [4.69, 9.17) is 10.2 Å². The van der Waals surface area contributed by atoms with Gasteiger partial charge in [0.1, 0.15) is 0 Å². The largest absolute Gasteiger partial charge is 0.465 e. The second-order valence-electron chi connectivity index (χ2n) is 4.04. The molecule has 0 aromatic heterocycles. The fourth-order valence-electron chi connectivity index (χ4n) is 1.70. The number of nitrogens with one attached hydrogen (secondary N) is 2. The molecule has 0 unspecified atom stereocenters. The molecule has 0 aliphatic carbocycles. The molecule has 1 rings (SSSR count). The van der Waals surface area contributed by atoms with Gasteiger partial charge in [-0.15, -0.1) is 0 Å². The van der Waals surface area contributed by atoms with E-state index in [1.807, 2.05) is 0 Å². The number of amides is 2. The molecule has 0 saturated carbocycles. The van der Waals surface area contributed by atoms with Crippen LogP contribution in [0.25, 0.3) is 0 Å². The maximum absolute atomic E-state index is 11.0. The lowest BCUT2D eigenvalue weighted by Gasteiger charge is -2.25. The minimum Gasteiger partial charge on any atom is -0.465 e. The summed E-state index contributed by atoms with van der Waals surface area (Å²) in [5, 5.41) is 24.2. The number of hydrogen-bond acceptors (Lipinski definition) is 4. The van der Waals surface area contributed by atoms with Crippen LogP contribution in [0.3, 0.4) is 0 Å². The predicted molar refractivity (Wildman–Crippen MR) is 64.9 cm³/mol. The van der Waals surface area contributed by atoms with E-state index in [1.54, 1.807) is 0 Å². The third kappa shape index (κ3) is 5.19. The molecule has 8 heteroatoms. The Labute approximate surface area is 106 Å². The van der Waals surface area contributed by atoms with Crippen LogP contribution in [0.1, 0.15) is 0 Å². The number of rotatable bonds is 0. The Morgan fingerprint density at radius 1 is 0.722 bits per heavy atom. The van der Waals surface area contributed by atoms with E-state index in [0.29, 0.717) is 26.2 Å². The van der Waals surface area contributed by atoms with Crippen molar-refractivity contribution in [2.75, 3.05) is 52.4 Å². The first-order valence-electron chi connectivity index (χ1n) is 5.98. The van der Waals surface area contributed by atoms with E-state index in [9.17, 15) is 9.59 Å². The third-order valence-corrected chi connectivity index (χ3v) is 2.78. The Bertz CT molecular complexity index is 259. The standard InChI is InChI=1S/C10H20N4O4/c15-9(16)13-5-3-11-1-2-12-4-6-14(8-7-13)10(17)18/h11-12H,1-8H2,(H,15,16)(H,17,18). The van der Waals surface area contributed by atoms with E-state index in [2.05, 4.69) is 10.6 Å². The van der Waals surface area contributed by atoms with Crippen molar-refractivity contribution in [3.63, 3.8) is 0 Å². The number of hydrogen-bond donors (Lipinski definition) is 4. The van der Waals surface area contributed by atoms with Crippen LogP contribution >= 0.6 is 0 Å². The van der Waals surface area contributed by atoms with Gasteiger partial charge in [-0.25, -0.2) is 9.59 Å². The minimum absolute atomic E-state index is 0.198. The first kappa shape index (κ1) is 14.5. The molecule has 18 heavy (non-hydrogen) atoms. The van der Waals surface area contributed by atoms with Gasteiger partial charge in [-0.2, -0.15) is 0 Å². The Hall–Kier alpha value is -1.54. The van der Waals surface area contributed by atoms with Gasteiger partial charge in [0.05, 0.1) is 0 Å². The predicted octanol–water partition coefficient (Wildman–Crippen LogP) is -0.861. The molecule has 1 heterocycles.